The third kappa shape index (κ3) is 2.93. The molecule has 0 aliphatic rings. The normalized spacial score (nSPS) is 7.83. The Morgan fingerprint density at radius 1 is 1.42 bits per heavy atom. The fourth-order valence-corrected chi connectivity index (χ4v) is 0.964. The Morgan fingerprint density at radius 2 is 2.00 bits per heavy atom. The van der Waals surface area contributed by atoms with Gasteiger partial charge in [-0.3, -0.25) is 0 Å². The van der Waals surface area contributed by atoms with Crippen molar-refractivity contribution in [2.24, 2.45) is 0 Å². The maximum absolute atomic E-state index is 8.51. The molecular weight excluding hydrogens is 216 g/mol. The van der Waals surface area contributed by atoms with E-state index in [-0.39, 0.29) is 0 Å². The first-order chi connectivity index (χ1) is 5.74. The zero-order chi connectivity index (χ0) is 9.56. The highest BCUT2D eigenvalue weighted by atomic mass is 79.9. The van der Waals surface area contributed by atoms with E-state index < -0.39 is 0 Å². The minimum atomic E-state index is 0.569. The third-order valence-electron chi connectivity index (χ3n) is 1.11. The number of hydrogen-bond donors (Lipinski definition) is 1. The highest BCUT2D eigenvalue weighted by Crippen LogP contribution is 2.17. The second kappa shape index (κ2) is 5.62. The molecule has 0 fully saturated rings. The van der Waals surface area contributed by atoms with Crippen LogP contribution in [0.25, 0.3) is 0 Å². The minimum absolute atomic E-state index is 0.569. The first-order valence-corrected chi connectivity index (χ1v) is 4.48. The van der Waals surface area contributed by atoms with Crippen LogP contribution in [0.15, 0.2) is 22.7 Å². The molecular formula is C9H11BrN2. The molecule has 0 saturated heterocycles. The molecule has 0 radical (unpaired) electrons. The first-order valence-electron chi connectivity index (χ1n) is 3.69. The summed E-state index contributed by atoms with van der Waals surface area (Å²) in [6.45, 7) is 4.00. The Bertz CT molecular complexity index is 289. The number of nitrogen functional groups attached to an aromatic ring is 1. The van der Waals surface area contributed by atoms with Crippen molar-refractivity contribution in [2.75, 3.05) is 5.73 Å². The van der Waals surface area contributed by atoms with Crippen molar-refractivity contribution in [3.63, 3.8) is 0 Å². The SMILES string of the molecule is CC.N#Cc1cc(N)ccc1Br. The van der Waals surface area contributed by atoms with Gasteiger partial charge in [0, 0.05) is 10.2 Å². The molecule has 0 unspecified atom stereocenters. The summed E-state index contributed by atoms with van der Waals surface area (Å²) in [4.78, 5) is 0. The topological polar surface area (TPSA) is 49.8 Å². The number of benzene rings is 1. The molecule has 0 aromatic heterocycles. The van der Waals surface area contributed by atoms with Crippen molar-refractivity contribution in [3.8, 4) is 6.07 Å². The lowest BCUT2D eigenvalue weighted by Gasteiger charge is -1.94. The number of halogens is 1. The lowest BCUT2D eigenvalue weighted by atomic mass is 10.2. The van der Waals surface area contributed by atoms with Crippen LogP contribution in [0.3, 0.4) is 0 Å². The van der Waals surface area contributed by atoms with Crippen molar-refractivity contribution < 1.29 is 0 Å². The molecule has 3 heteroatoms. The summed E-state index contributed by atoms with van der Waals surface area (Å²) in [5, 5.41) is 8.51. The van der Waals surface area contributed by atoms with Gasteiger partial charge in [0.1, 0.15) is 6.07 Å². The standard InChI is InChI=1S/C7H5BrN2.C2H6/c8-7-2-1-6(10)3-5(7)4-9;1-2/h1-3H,10H2;1-2H3. The van der Waals surface area contributed by atoms with E-state index in [1.54, 1.807) is 18.2 Å². The van der Waals surface area contributed by atoms with Crippen molar-refractivity contribution in [2.45, 2.75) is 13.8 Å². The van der Waals surface area contributed by atoms with Gasteiger partial charge < -0.3 is 5.73 Å². The lowest BCUT2D eigenvalue weighted by Crippen LogP contribution is -1.85. The molecule has 2 nitrogen and oxygen atoms in total. The van der Waals surface area contributed by atoms with E-state index >= 15 is 0 Å². The van der Waals surface area contributed by atoms with Crippen LogP contribution >= 0.6 is 15.9 Å². The number of nitrogens with two attached hydrogens (primary N) is 1. The molecule has 0 amide bonds. The van der Waals surface area contributed by atoms with Crippen LogP contribution in [0, 0.1) is 11.3 Å². The predicted molar refractivity (Wildman–Crippen MR) is 54.6 cm³/mol. The molecule has 1 aromatic rings. The average Bonchev–Trinajstić information content (AvgIpc) is 2.13. The summed E-state index contributed by atoms with van der Waals surface area (Å²) in [6, 6.07) is 7.14. The minimum Gasteiger partial charge on any atom is -0.399 e. The quantitative estimate of drug-likeness (QED) is 0.692. The number of rotatable bonds is 0. The number of nitriles is 1. The first kappa shape index (κ1) is 11.0. The van der Waals surface area contributed by atoms with Crippen molar-refractivity contribution >= 4 is 21.6 Å². The van der Waals surface area contributed by atoms with Crippen molar-refractivity contribution in [1.29, 1.82) is 5.26 Å². The third-order valence-corrected chi connectivity index (χ3v) is 1.80. The van der Waals surface area contributed by atoms with E-state index in [0.29, 0.717) is 11.3 Å². The largest absolute Gasteiger partial charge is 0.399 e. The summed E-state index contributed by atoms with van der Waals surface area (Å²) >= 11 is 3.21. The van der Waals surface area contributed by atoms with Gasteiger partial charge in [-0.15, -0.1) is 0 Å². The van der Waals surface area contributed by atoms with E-state index in [1.165, 1.54) is 0 Å². The highest BCUT2D eigenvalue weighted by Gasteiger charge is 1.96. The summed E-state index contributed by atoms with van der Waals surface area (Å²) in [6.07, 6.45) is 0. The fourth-order valence-electron chi connectivity index (χ4n) is 0.629. The van der Waals surface area contributed by atoms with Gasteiger partial charge >= 0.3 is 0 Å². The van der Waals surface area contributed by atoms with E-state index in [9.17, 15) is 0 Å². The zero-order valence-corrected chi connectivity index (χ0v) is 8.72. The lowest BCUT2D eigenvalue weighted by molar-refractivity contribution is 1.47. The van der Waals surface area contributed by atoms with Crippen LogP contribution in [-0.2, 0) is 0 Å². The van der Waals surface area contributed by atoms with E-state index in [1.807, 2.05) is 19.9 Å². The fraction of sp³-hybridized carbons (Fsp3) is 0.222. The molecule has 2 N–H and O–H groups in total. The molecule has 1 aromatic carbocycles. The Balaban J connectivity index is 0.000000561. The predicted octanol–water partition coefficient (Wildman–Crippen LogP) is 2.93. The van der Waals surface area contributed by atoms with Crippen LogP contribution in [0.5, 0.6) is 0 Å². The monoisotopic (exact) mass is 226 g/mol. The Morgan fingerprint density at radius 3 is 2.42 bits per heavy atom. The van der Waals surface area contributed by atoms with Gasteiger partial charge in [-0.05, 0) is 34.1 Å². The van der Waals surface area contributed by atoms with Crippen molar-refractivity contribution in [3.05, 3.63) is 28.2 Å². The van der Waals surface area contributed by atoms with Crippen LogP contribution in [0.4, 0.5) is 5.69 Å². The van der Waals surface area contributed by atoms with Gasteiger partial charge in [0.15, 0.2) is 0 Å². The van der Waals surface area contributed by atoms with Crippen LogP contribution in [-0.4, -0.2) is 0 Å². The second-order valence-electron chi connectivity index (χ2n) is 1.85. The van der Waals surface area contributed by atoms with Gasteiger partial charge in [0.25, 0.3) is 0 Å². The smallest absolute Gasteiger partial charge is 0.100 e. The van der Waals surface area contributed by atoms with Crippen molar-refractivity contribution in [1.82, 2.24) is 0 Å². The van der Waals surface area contributed by atoms with E-state index in [2.05, 4.69) is 15.9 Å². The molecule has 0 saturated carbocycles. The van der Waals surface area contributed by atoms with E-state index in [4.69, 9.17) is 11.0 Å². The van der Waals surface area contributed by atoms with Gasteiger partial charge in [-0.1, -0.05) is 13.8 Å². The molecule has 0 aliphatic carbocycles. The Labute approximate surface area is 81.1 Å². The molecule has 12 heavy (non-hydrogen) atoms. The van der Waals surface area contributed by atoms with E-state index in [0.717, 1.165) is 4.47 Å². The molecule has 0 aliphatic heterocycles. The average molecular weight is 227 g/mol. The number of anilines is 1. The van der Waals surface area contributed by atoms with Crippen LogP contribution in [0.1, 0.15) is 19.4 Å². The summed E-state index contributed by atoms with van der Waals surface area (Å²) in [5.41, 5.74) is 6.61. The summed E-state index contributed by atoms with van der Waals surface area (Å²) in [7, 11) is 0. The second-order valence-corrected chi connectivity index (χ2v) is 2.71. The van der Waals surface area contributed by atoms with Gasteiger partial charge in [0.05, 0.1) is 5.56 Å². The maximum atomic E-state index is 8.51. The van der Waals surface area contributed by atoms with Gasteiger partial charge in [-0.25, -0.2) is 0 Å². The molecule has 64 valence electrons. The van der Waals surface area contributed by atoms with Gasteiger partial charge in [0.2, 0.25) is 0 Å². The molecule has 0 spiro atoms. The molecule has 1 rings (SSSR count). The Hall–Kier alpha value is -1.01. The number of hydrogen-bond acceptors (Lipinski definition) is 2. The zero-order valence-electron chi connectivity index (χ0n) is 7.13. The van der Waals surface area contributed by atoms with Crippen LogP contribution in [0.2, 0.25) is 0 Å². The van der Waals surface area contributed by atoms with Crippen LogP contribution < -0.4 is 5.73 Å². The summed E-state index contributed by atoms with van der Waals surface area (Å²) in [5.74, 6) is 0. The Kier molecular flexibility index (Phi) is 5.14. The highest BCUT2D eigenvalue weighted by molar-refractivity contribution is 9.10. The molecule has 0 atom stereocenters. The number of nitrogens with zero attached hydrogens (tertiary/aromatic N) is 1. The molecule has 0 bridgehead atoms. The maximum Gasteiger partial charge on any atom is 0.100 e. The summed E-state index contributed by atoms with van der Waals surface area (Å²) < 4.78 is 0.782. The van der Waals surface area contributed by atoms with Gasteiger partial charge in [-0.2, -0.15) is 5.26 Å². The molecule has 0 heterocycles.